The molecule has 2 aromatic carbocycles. The number of hydrogen-bond acceptors (Lipinski definition) is 2. The second-order valence-corrected chi connectivity index (χ2v) is 5.86. The molecule has 0 aliphatic carbocycles. The molecule has 0 aliphatic heterocycles. The van der Waals surface area contributed by atoms with Crippen molar-refractivity contribution in [2.75, 3.05) is 5.32 Å². The van der Waals surface area contributed by atoms with E-state index in [1.54, 1.807) is 18.2 Å². The number of carbonyl (C=O) groups excluding carboxylic acids is 2. The van der Waals surface area contributed by atoms with Crippen LogP contribution in [0.25, 0.3) is 0 Å². The van der Waals surface area contributed by atoms with Gasteiger partial charge in [-0.05, 0) is 37.5 Å². The summed E-state index contributed by atoms with van der Waals surface area (Å²) in [5.41, 5.74) is 2.16. The Bertz CT molecular complexity index is 683. The van der Waals surface area contributed by atoms with Crippen LogP contribution in [0.2, 0.25) is 0 Å². The summed E-state index contributed by atoms with van der Waals surface area (Å²) in [6.07, 6.45) is 1.91. The molecule has 2 aromatic rings. The Morgan fingerprint density at radius 2 is 1.67 bits per heavy atom. The molecule has 4 nitrogen and oxygen atoms in total. The van der Waals surface area contributed by atoms with Crippen molar-refractivity contribution in [3.8, 4) is 0 Å². The van der Waals surface area contributed by atoms with E-state index < -0.39 is 0 Å². The van der Waals surface area contributed by atoms with Crippen LogP contribution >= 0.6 is 0 Å². The summed E-state index contributed by atoms with van der Waals surface area (Å²) in [4.78, 5) is 24.5. The third-order valence-electron chi connectivity index (χ3n) is 3.92. The number of para-hydroxylation sites is 1. The van der Waals surface area contributed by atoms with Gasteiger partial charge >= 0.3 is 0 Å². The molecule has 4 heteroatoms. The molecule has 0 radical (unpaired) electrons. The first kappa shape index (κ1) is 17.7. The van der Waals surface area contributed by atoms with Crippen LogP contribution in [-0.4, -0.2) is 17.9 Å². The van der Waals surface area contributed by atoms with Gasteiger partial charge in [0.25, 0.3) is 5.91 Å². The largest absolute Gasteiger partial charge is 0.350 e. The molecular weight excluding hydrogens is 300 g/mol. The van der Waals surface area contributed by atoms with E-state index in [1.807, 2.05) is 50.2 Å². The van der Waals surface area contributed by atoms with Gasteiger partial charge in [-0.15, -0.1) is 0 Å². The Labute approximate surface area is 143 Å². The average molecular weight is 324 g/mol. The highest BCUT2D eigenvalue weighted by Gasteiger charge is 2.14. The molecule has 126 valence electrons. The minimum atomic E-state index is -0.164. The van der Waals surface area contributed by atoms with Crippen LogP contribution in [-0.2, 0) is 11.2 Å². The van der Waals surface area contributed by atoms with Gasteiger partial charge in [0.05, 0.1) is 11.3 Å². The topological polar surface area (TPSA) is 58.2 Å². The minimum Gasteiger partial charge on any atom is -0.350 e. The molecule has 2 rings (SSSR count). The molecule has 0 spiro atoms. The first-order chi connectivity index (χ1) is 11.6. The van der Waals surface area contributed by atoms with Crippen LogP contribution in [0, 0.1) is 0 Å². The van der Waals surface area contributed by atoms with Gasteiger partial charge in [-0.2, -0.15) is 0 Å². The van der Waals surface area contributed by atoms with Crippen molar-refractivity contribution in [2.24, 2.45) is 0 Å². The van der Waals surface area contributed by atoms with Crippen LogP contribution < -0.4 is 10.6 Å². The Morgan fingerprint density at radius 1 is 1.00 bits per heavy atom. The predicted molar refractivity (Wildman–Crippen MR) is 97.1 cm³/mol. The first-order valence-electron chi connectivity index (χ1n) is 8.33. The summed E-state index contributed by atoms with van der Waals surface area (Å²) in [6.45, 7) is 3.97. The van der Waals surface area contributed by atoms with E-state index in [4.69, 9.17) is 0 Å². The fourth-order valence-corrected chi connectivity index (χ4v) is 2.31. The second-order valence-electron chi connectivity index (χ2n) is 5.86. The third kappa shape index (κ3) is 5.23. The smallest absolute Gasteiger partial charge is 0.253 e. The zero-order chi connectivity index (χ0) is 17.4. The fraction of sp³-hybridized carbons (Fsp3) is 0.300. The molecule has 24 heavy (non-hydrogen) atoms. The Balaban J connectivity index is 1.99. The lowest BCUT2D eigenvalue weighted by Gasteiger charge is -2.14. The maximum absolute atomic E-state index is 12.3. The van der Waals surface area contributed by atoms with Gasteiger partial charge in [-0.25, -0.2) is 0 Å². The fourth-order valence-electron chi connectivity index (χ4n) is 2.31. The number of benzene rings is 2. The van der Waals surface area contributed by atoms with E-state index >= 15 is 0 Å². The summed E-state index contributed by atoms with van der Waals surface area (Å²) < 4.78 is 0. The number of amides is 2. The van der Waals surface area contributed by atoms with Crippen LogP contribution in [0.5, 0.6) is 0 Å². The van der Waals surface area contributed by atoms with E-state index in [0.717, 1.165) is 12.0 Å². The highest BCUT2D eigenvalue weighted by molar-refractivity contribution is 6.03. The third-order valence-corrected chi connectivity index (χ3v) is 3.92. The highest BCUT2D eigenvalue weighted by atomic mass is 16.2. The Kier molecular flexibility index (Phi) is 6.55. The van der Waals surface area contributed by atoms with Crippen molar-refractivity contribution in [1.29, 1.82) is 0 Å². The zero-order valence-electron chi connectivity index (χ0n) is 14.2. The van der Waals surface area contributed by atoms with Gasteiger partial charge in [0.1, 0.15) is 0 Å². The quantitative estimate of drug-likeness (QED) is 0.814. The lowest BCUT2D eigenvalue weighted by molar-refractivity contribution is -0.116. The van der Waals surface area contributed by atoms with E-state index in [1.165, 1.54) is 0 Å². The summed E-state index contributed by atoms with van der Waals surface area (Å²) in [7, 11) is 0. The van der Waals surface area contributed by atoms with Crippen molar-refractivity contribution in [3.63, 3.8) is 0 Å². The molecular formula is C20H24N2O2. The monoisotopic (exact) mass is 324 g/mol. The van der Waals surface area contributed by atoms with Gasteiger partial charge in [-0.1, -0.05) is 49.4 Å². The molecule has 1 atom stereocenters. The van der Waals surface area contributed by atoms with Crippen molar-refractivity contribution in [2.45, 2.75) is 39.2 Å². The van der Waals surface area contributed by atoms with Crippen molar-refractivity contribution >= 4 is 17.5 Å². The van der Waals surface area contributed by atoms with Gasteiger partial charge in [-0.3, -0.25) is 9.59 Å². The number of carbonyl (C=O) groups is 2. The lowest BCUT2D eigenvalue weighted by Crippen LogP contribution is -2.32. The van der Waals surface area contributed by atoms with Crippen LogP contribution in [0.3, 0.4) is 0 Å². The molecule has 0 saturated heterocycles. The van der Waals surface area contributed by atoms with Crippen LogP contribution in [0.15, 0.2) is 54.6 Å². The molecule has 0 aromatic heterocycles. The van der Waals surface area contributed by atoms with Gasteiger partial charge in [0, 0.05) is 12.5 Å². The molecule has 0 aliphatic rings. The summed E-state index contributed by atoms with van der Waals surface area (Å²) in [5.74, 6) is -0.258. The molecule has 0 saturated carbocycles. The first-order valence-corrected chi connectivity index (χ1v) is 8.33. The SMILES string of the molecule is CC[C@H](C)NC(=O)c1ccccc1NC(=O)CCc1ccccc1. The highest BCUT2D eigenvalue weighted by Crippen LogP contribution is 2.16. The lowest BCUT2D eigenvalue weighted by atomic mass is 10.1. The number of nitrogens with one attached hydrogen (secondary N) is 2. The van der Waals surface area contributed by atoms with Crippen molar-refractivity contribution in [3.05, 3.63) is 65.7 Å². The van der Waals surface area contributed by atoms with E-state index in [-0.39, 0.29) is 17.9 Å². The van der Waals surface area contributed by atoms with Crippen molar-refractivity contribution < 1.29 is 9.59 Å². The summed E-state index contributed by atoms with van der Waals surface area (Å²) in [5, 5.41) is 5.78. The molecule has 0 unspecified atom stereocenters. The standard InChI is InChI=1S/C20H24N2O2/c1-3-15(2)21-20(24)17-11-7-8-12-18(17)22-19(23)14-13-16-9-5-4-6-10-16/h4-12,15H,3,13-14H2,1-2H3,(H,21,24)(H,22,23)/t15-/m0/s1. The Hall–Kier alpha value is -2.62. The summed E-state index contributed by atoms with van der Waals surface area (Å²) >= 11 is 0. The van der Waals surface area contributed by atoms with Gasteiger partial charge in [0.15, 0.2) is 0 Å². The molecule has 0 fully saturated rings. The maximum atomic E-state index is 12.3. The van der Waals surface area contributed by atoms with Gasteiger partial charge in [0.2, 0.25) is 5.91 Å². The van der Waals surface area contributed by atoms with Gasteiger partial charge < -0.3 is 10.6 Å². The minimum absolute atomic E-state index is 0.0948. The predicted octanol–water partition coefficient (Wildman–Crippen LogP) is 3.79. The molecule has 0 bridgehead atoms. The molecule has 2 amide bonds. The zero-order valence-corrected chi connectivity index (χ0v) is 14.2. The molecule has 2 N–H and O–H groups in total. The van der Waals surface area contributed by atoms with Crippen LogP contribution in [0.4, 0.5) is 5.69 Å². The average Bonchev–Trinajstić information content (AvgIpc) is 2.61. The number of hydrogen-bond donors (Lipinski definition) is 2. The maximum Gasteiger partial charge on any atom is 0.253 e. The van der Waals surface area contributed by atoms with E-state index in [2.05, 4.69) is 10.6 Å². The number of anilines is 1. The number of aryl methyl sites for hydroxylation is 1. The second kappa shape index (κ2) is 8.87. The summed E-state index contributed by atoms with van der Waals surface area (Å²) in [6, 6.07) is 17.1. The van der Waals surface area contributed by atoms with Crippen molar-refractivity contribution in [1.82, 2.24) is 5.32 Å². The normalized spacial score (nSPS) is 11.6. The molecule has 0 heterocycles. The Morgan fingerprint density at radius 3 is 2.38 bits per heavy atom. The van der Waals surface area contributed by atoms with E-state index in [0.29, 0.717) is 24.1 Å². The number of rotatable bonds is 7. The van der Waals surface area contributed by atoms with E-state index in [9.17, 15) is 9.59 Å². The van der Waals surface area contributed by atoms with Crippen LogP contribution in [0.1, 0.15) is 42.6 Å².